The van der Waals surface area contributed by atoms with Crippen LogP contribution in [0.5, 0.6) is 0 Å². The highest BCUT2D eigenvalue weighted by Gasteiger charge is 2.30. The van der Waals surface area contributed by atoms with Gasteiger partial charge in [-0.25, -0.2) is 8.42 Å². The van der Waals surface area contributed by atoms with Gasteiger partial charge in [-0.1, -0.05) is 12.1 Å². The number of sulfonamides is 1. The van der Waals surface area contributed by atoms with E-state index in [1.807, 2.05) is 0 Å². The minimum absolute atomic E-state index is 0.0417. The third kappa shape index (κ3) is 2.96. The second kappa shape index (κ2) is 4.64. The van der Waals surface area contributed by atoms with Gasteiger partial charge in [0.05, 0.1) is 11.9 Å². The van der Waals surface area contributed by atoms with Crippen LogP contribution < -0.4 is 5.73 Å². The first-order valence-corrected chi connectivity index (χ1v) is 7.08. The Hall–Kier alpha value is -1.11. The molecule has 1 aromatic rings. The lowest BCUT2D eigenvalue weighted by atomic mass is 10.2. The standard InChI is InChI=1S/C11H16N2O3S/c12-10-3-1-9(2-4-10)8-17(15,16)13-6-5-11(14)7-13/h1-4,11,14H,5-8,12H2. The van der Waals surface area contributed by atoms with Crippen LogP contribution in [0.3, 0.4) is 0 Å². The monoisotopic (exact) mass is 256 g/mol. The first kappa shape index (κ1) is 12.3. The van der Waals surface area contributed by atoms with Crippen LogP contribution in [0.2, 0.25) is 0 Å². The number of hydrogen-bond donors (Lipinski definition) is 2. The predicted octanol–water partition coefficient (Wildman–Crippen LogP) is 0.165. The number of nitrogens with two attached hydrogens (primary N) is 1. The van der Waals surface area contributed by atoms with Crippen molar-refractivity contribution in [2.75, 3.05) is 18.8 Å². The fraction of sp³-hybridized carbons (Fsp3) is 0.455. The summed E-state index contributed by atoms with van der Waals surface area (Å²) in [5.41, 5.74) is 6.86. The highest BCUT2D eigenvalue weighted by molar-refractivity contribution is 7.88. The average molecular weight is 256 g/mol. The summed E-state index contributed by atoms with van der Waals surface area (Å²) in [5.74, 6) is -0.0417. The molecule has 1 saturated heterocycles. The van der Waals surface area contributed by atoms with Gasteiger partial charge in [-0.3, -0.25) is 0 Å². The molecule has 0 amide bonds. The highest BCUT2D eigenvalue weighted by Crippen LogP contribution is 2.18. The number of β-amino-alcohol motifs (C(OH)–C–C–N with tert-alkyl or cyclic N) is 1. The SMILES string of the molecule is Nc1ccc(CS(=O)(=O)N2CCC(O)C2)cc1. The fourth-order valence-electron chi connectivity index (χ4n) is 1.88. The summed E-state index contributed by atoms with van der Waals surface area (Å²) in [5, 5.41) is 9.34. The maximum absolute atomic E-state index is 12.0. The Morgan fingerprint density at radius 2 is 2.00 bits per heavy atom. The van der Waals surface area contributed by atoms with Crippen molar-refractivity contribution < 1.29 is 13.5 Å². The van der Waals surface area contributed by atoms with Crippen LogP contribution in [-0.4, -0.2) is 37.0 Å². The van der Waals surface area contributed by atoms with E-state index in [1.165, 1.54) is 4.31 Å². The van der Waals surface area contributed by atoms with Crippen molar-refractivity contribution in [3.8, 4) is 0 Å². The molecule has 3 N–H and O–H groups in total. The molecule has 1 atom stereocenters. The lowest BCUT2D eigenvalue weighted by molar-refractivity contribution is 0.189. The Morgan fingerprint density at radius 3 is 2.53 bits per heavy atom. The number of nitrogen functional groups attached to an aromatic ring is 1. The van der Waals surface area contributed by atoms with Gasteiger partial charge in [-0.2, -0.15) is 4.31 Å². The molecule has 5 nitrogen and oxygen atoms in total. The molecular weight excluding hydrogens is 240 g/mol. The van der Waals surface area contributed by atoms with E-state index in [9.17, 15) is 13.5 Å². The van der Waals surface area contributed by atoms with Gasteiger partial charge in [-0.15, -0.1) is 0 Å². The van der Waals surface area contributed by atoms with Crippen LogP contribution in [0.15, 0.2) is 24.3 Å². The molecule has 1 aliphatic rings. The van der Waals surface area contributed by atoms with Gasteiger partial charge in [0.2, 0.25) is 10.0 Å². The third-order valence-electron chi connectivity index (χ3n) is 2.85. The summed E-state index contributed by atoms with van der Waals surface area (Å²) in [6, 6.07) is 6.78. The minimum atomic E-state index is -3.33. The number of nitrogens with zero attached hydrogens (tertiary/aromatic N) is 1. The molecule has 0 radical (unpaired) electrons. The van der Waals surface area contributed by atoms with Crippen molar-refractivity contribution in [3.05, 3.63) is 29.8 Å². The third-order valence-corrected chi connectivity index (χ3v) is 4.66. The first-order chi connectivity index (χ1) is 7.97. The predicted molar refractivity (Wildman–Crippen MR) is 65.7 cm³/mol. The van der Waals surface area contributed by atoms with Crippen LogP contribution in [0.25, 0.3) is 0 Å². The summed E-state index contributed by atoms with van der Waals surface area (Å²) < 4.78 is 25.4. The van der Waals surface area contributed by atoms with E-state index >= 15 is 0 Å². The number of anilines is 1. The van der Waals surface area contributed by atoms with Gasteiger partial charge in [0.25, 0.3) is 0 Å². The number of aliphatic hydroxyl groups is 1. The largest absolute Gasteiger partial charge is 0.399 e. The summed E-state index contributed by atoms with van der Waals surface area (Å²) in [7, 11) is -3.33. The summed E-state index contributed by atoms with van der Waals surface area (Å²) in [4.78, 5) is 0. The molecule has 6 heteroatoms. The summed E-state index contributed by atoms with van der Waals surface area (Å²) in [6.45, 7) is 0.607. The Morgan fingerprint density at radius 1 is 1.35 bits per heavy atom. The van der Waals surface area contributed by atoms with Crippen LogP contribution in [0.4, 0.5) is 5.69 Å². The van der Waals surface area contributed by atoms with Gasteiger partial charge in [0.15, 0.2) is 0 Å². The molecule has 0 spiro atoms. The van der Waals surface area contributed by atoms with Crippen LogP contribution >= 0.6 is 0 Å². The summed E-state index contributed by atoms with van der Waals surface area (Å²) in [6.07, 6.45) is -0.0165. The van der Waals surface area contributed by atoms with E-state index < -0.39 is 16.1 Å². The molecule has 1 heterocycles. The zero-order valence-corrected chi connectivity index (χ0v) is 10.2. The molecule has 0 saturated carbocycles. The molecule has 2 rings (SSSR count). The lowest BCUT2D eigenvalue weighted by Gasteiger charge is -2.15. The Kier molecular flexibility index (Phi) is 3.37. The molecular formula is C11H16N2O3S. The topological polar surface area (TPSA) is 83.6 Å². The van der Waals surface area contributed by atoms with E-state index in [4.69, 9.17) is 5.73 Å². The molecule has 1 aromatic carbocycles. The number of aliphatic hydroxyl groups excluding tert-OH is 1. The number of rotatable bonds is 3. The van der Waals surface area contributed by atoms with Crippen molar-refractivity contribution in [1.82, 2.24) is 4.31 Å². The van der Waals surface area contributed by atoms with Gasteiger partial charge in [0.1, 0.15) is 0 Å². The van der Waals surface area contributed by atoms with Gasteiger partial charge >= 0.3 is 0 Å². The maximum atomic E-state index is 12.0. The molecule has 94 valence electrons. The number of benzene rings is 1. The second-order valence-corrected chi connectivity index (χ2v) is 6.27. The van der Waals surface area contributed by atoms with E-state index in [1.54, 1.807) is 24.3 Å². The molecule has 0 aromatic heterocycles. The lowest BCUT2D eigenvalue weighted by Crippen LogP contribution is -2.30. The second-order valence-electron chi connectivity index (χ2n) is 4.30. The van der Waals surface area contributed by atoms with Crippen molar-refractivity contribution >= 4 is 15.7 Å². The Labute approximate surface area is 101 Å². The van der Waals surface area contributed by atoms with E-state index in [2.05, 4.69) is 0 Å². The highest BCUT2D eigenvalue weighted by atomic mass is 32.2. The quantitative estimate of drug-likeness (QED) is 0.755. The molecule has 1 unspecified atom stereocenters. The summed E-state index contributed by atoms with van der Waals surface area (Å²) >= 11 is 0. The first-order valence-electron chi connectivity index (χ1n) is 5.48. The van der Waals surface area contributed by atoms with E-state index in [0.717, 1.165) is 0 Å². The zero-order valence-electron chi connectivity index (χ0n) is 9.41. The van der Waals surface area contributed by atoms with Crippen LogP contribution in [-0.2, 0) is 15.8 Å². The maximum Gasteiger partial charge on any atom is 0.218 e. The number of hydrogen-bond acceptors (Lipinski definition) is 4. The van der Waals surface area contributed by atoms with Gasteiger partial charge < -0.3 is 10.8 Å². The smallest absolute Gasteiger partial charge is 0.218 e. The molecule has 17 heavy (non-hydrogen) atoms. The van der Waals surface area contributed by atoms with Crippen molar-refractivity contribution in [2.24, 2.45) is 0 Å². The van der Waals surface area contributed by atoms with Crippen LogP contribution in [0.1, 0.15) is 12.0 Å². The van der Waals surface area contributed by atoms with Crippen LogP contribution in [0, 0.1) is 0 Å². The Bertz CT molecular complexity index is 484. The van der Waals surface area contributed by atoms with E-state index in [0.29, 0.717) is 24.2 Å². The van der Waals surface area contributed by atoms with Crippen molar-refractivity contribution in [3.63, 3.8) is 0 Å². The van der Waals surface area contributed by atoms with Gasteiger partial charge in [-0.05, 0) is 24.1 Å². The van der Waals surface area contributed by atoms with Gasteiger partial charge in [0, 0.05) is 18.8 Å². The van der Waals surface area contributed by atoms with E-state index in [-0.39, 0.29) is 12.3 Å². The normalized spacial score (nSPS) is 21.8. The molecule has 1 fully saturated rings. The zero-order chi connectivity index (χ0) is 12.5. The minimum Gasteiger partial charge on any atom is -0.399 e. The average Bonchev–Trinajstić information content (AvgIpc) is 2.69. The fourth-order valence-corrected chi connectivity index (χ4v) is 3.46. The van der Waals surface area contributed by atoms with Crippen molar-refractivity contribution in [1.29, 1.82) is 0 Å². The molecule has 0 aliphatic carbocycles. The molecule has 0 bridgehead atoms. The molecule has 1 aliphatic heterocycles. The Balaban J connectivity index is 2.09. The van der Waals surface area contributed by atoms with Crippen molar-refractivity contribution in [2.45, 2.75) is 18.3 Å².